The number of pyridine rings is 1. The lowest BCUT2D eigenvalue weighted by Crippen LogP contribution is -2.35. The smallest absolute Gasteiger partial charge is 0.197 e. The third-order valence-electron chi connectivity index (χ3n) is 5.16. The molecule has 2 aliphatic heterocycles. The van der Waals surface area contributed by atoms with Gasteiger partial charge < -0.3 is 15.5 Å². The summed E-state index contributed by atoms with van der Waals surface area (Å²) < 4.78 is 14.0. The molecular weight excluding hydrogens is 387 g/mol. The molecule has 0 radical (unpaired) electrons. The summed E-state index contributed by atoms with van der Waals surface area (Å²) in [6, 6.07) is 11.3. The molecule has 0 saturated heterocycles. The molecule has 148 valence electrons. The Bertz CT molecular complexity index is 1060. The van der Waals surface area contributed by atoms with Crippen molar-refractivity contribution in [1.29, 1.82) is 0 Å². The van der Waals surface area contributed by atoms with E-state index in [-0.39, 0.29) is 5.82 Å². The molecule has 6 nitrogen and oxygen atoms in total. The number of aliphatic imine (C=N–C) groups is 1. The Balaban J connectivity index is 1.35. The largest absolute Gasteiger partial charge is 0.356 e. The van der Waals surface area contributed by atoms with E-state index >= 15 is 0 Å². The summed E-state index contributed by atoms with van der Waals surface area (Å²) in [4.78, 5) is 16.1. The molecule has 3 aromatic rings. The van der Waals surface area contributed by atoms with Crippen LogP contribution in [0.2, 0.25) is 0 Å². The van der Waals surface area contributed by atoms with Crippen LogP contribution in [-0.2, 0) is 13.0 Å². The molecule has 0 fully saturated rings. The minimum absolute atomic E-state index is 0.108. The summed E-state index contributed by atoms with van der Waals surface area (Å²) >= 11 is 1.53. The fourth-order valence-corrected chi connectivity index (χ4v) is 4.37. The van der Waals surface area contributed by atoms with Crippen LogP contribution in [0, 0.1) is 5.82 Å². The second-order valence-electron chi connectivity index (χ2n) is 7.10. The van der Waals surface area contributed by atoms with Gasteiger partial charge in [0.15, 0.2) is 11.1 Å². The van der Waals surface area contributed by atoms with Crippen LogP contribution in [0.15, 0.2) is 46.8 Å². The van der Waals surface area contributed by atoms with Gasteiger partial charge in [-0.1, -0.05) is 18.2 Å². The highest BCUT2D eigenvalue weighted by Crippen LogP contribution is 2.28. The van der Waals surface area contributed by atoms with Crippen LogP contribution in [0.3, 0.4) is 0 Å². The molecule has 1 aromatic carbocycles. The molecule has 0 unspecified atom stereocenters. The minimum Gasteiger partial charge on any atom is -0.356 e. The van der Waals surface area contributed by atoms with E-state index in [2.05, 4.69) is 25.5 Å². The number of anilines is 2. The molecule has 2 N–H and O–H groups in total. The van der Waals surface area contributed by atoms with E-state index in [1.165, 1.54) is 17.4 Å². The Labute approximate surface area is 172 Å². The molecule has 4 heterocycles. The van der Waals surface area contributed by atoms with Gasteiger partial charge in [-0.25, -0.2) is 14.4 Å². The molecule has 2 aliphatic rings. The van der Waals surface area contributed by atoms with Crippen molar-refractivity contribution in [3.8, 4) is 11.4 Å². The fourth-order valence-electron chi connectivity index (χ4n) is 3.67. The number of fused-ring (bicyclic) bond motifs is 1. The van der Waals surface area contributed by atoms with E-state index in [9.17, 15) is 4.39 Å². The molecule has 8 heteroatoms. The van der Waals surface area contributed by atoms with Crippen molar-refractivity contribution in [2.45, 2.75) is 19.4 Å². The lowest BCUT2D eigenvalue weighted by molar-refractivity contribution is 0.589. The van der Waals surface area contributed by atoms with Crippen molar-refractivity contribution >= 4 is 28.2 Å². The second-order valence-corrected chi connectivity index (χ2v) is 7.96. The Morgan fingerprint density at radius 2 is 2.03 bits per heavy atom. The first kappa shape index (κ1) is 18.1. The van der Waals surface area contributed by atoms with Crippen LogP contribution in [0.5, 0.6) is 0 Å². The zero-order valence-electron chi connectivity index (χ0n) is 15.9. The Kier molecular flexibility index (Phi) is 4.85. The number of guanidine groups is 1. The zero-order valence-corrected chi connectivity index (χ0v) is 16.7. The molecule has 2 aromatic heterocycles. The molecule has 0 saturated carbocycles. The van der Waals surface area contributed by atoms with Gasteiger partial charge in [0.05, 0.1) is 5.69 Å². The highest BCUT2D eigenvalue weighted by Gasteiger charge is 2.20. The number of thiazole rings is 1. The normalized spacial score (nSPS) is 16.0. The molecule has 0 aliphatic carbocycles. The molecule has 29 heavy (non-hydrogen) atoms. The summed E-state index contributed by atoms with van der Waals surface area (Å²) in [7, 11) is 0. The van der Waals surface area contributed by atoms with E-state index in [1.54, 1.807) is 6.07 Å². The minimum atomic E-state index is -0.108. The SMILES string of the molecule is Fc1cccc2c1CCN(c1cccc(-c3csc(NC4=NCCCN4)n3)n1)C2. The maximum atomic E-state index is 14.0. The van der Waals surface area contributed by atoms with Gasteiger partial charge in [0, 0.05) is 31.6 Å². The van der Waals surface area contributed by atoms with Crippen LogP contribution >= 0.6 is 11.3 Å². The van der Waals surface area contributed by atoms with Crippen molar-refractivity contribution < 1.29 is 4.39 Å². The Morgan fingerprint density at radius 1 is 1.10 bits per heavy atom. The van der Waals surface area contributed by atoms with Gasteiger partial charge >= 0.3 is 0 Å². The third-order valence-corrected chi connectivity index (χ3v) is 5.91. The van der Waals surface area contributed by atoms with Gasteiger partial charge in [-0.05, 0) is 42.2 Å². The first-order valence-corrected chi connectivity index (χ1v) is 10.6. The van der Waals surface area contributed by atoms with Crippen LogP contribution in [0.1, 0.15) is 17.5 Å². The monoisotopic (exact) mass is 408 g/mol. The third kappa shape index (κ3) is 3.80. The highest BCUT2D eigenvalue weighted by atomic mass is 32.1. The number of benzene rings is 1. The van der Waals surface area contributed by atoms with E-state index in [0.29, 0.717) is 13.0 Å². The maximum Gasteiger partial charge on any atom is 0.197 e. The zero-order chi connectivity index (χ0) is 19.6. The Morgan fingerprint density at radius 3 is 2.93 bits per heavy atom. The number of rotatable bonds is 3. The predicted molar refractivity (Wildman–Crippen MR) is 115 cm³/mol. The van der Waals surface area contributed by atoms with Crippen LogP contribution in [0.4, 0.5) is 15.3 Å². The quantitative estimate of drug-likeness (QED) is 0.692. The maximum absolute atomic E-state index is 14.0. The first-order valence-electron chi connectivity index (χ1n) is 9.76. The number of hydrogen-bond acceptors (Lipinski definition) is 7. The lowest BCUT2D eigenvalue weighted by atomic mass is 9.99. The van der Waals surface area contributed by atoms with E-state index < -0.39 is 0 Å². The van der Waals surface area contributed by atoms with Crippen LogP contribution in [-0.4, -0.2) is 35.6 Å². The van der Waals surface area contributed by atoms with Crippen LogP contribution in [0.25, 0.3) is 11.4 Å². The number of nitrogens with zero attached hydrogens (tertiary/aromatic N) is 4. The van der Waals surface area contributed by atoms with Gasteiger partial charge in [-0.2, -0.15) is 0 Å². The number of nitrogens with one attached hydrogen (secondary N) is 2. The lowest BCUT2D eigenvalue weighted by Gasteiger charge is -2.30. The van der Waals surface area contributed by atoms with E-state index in [4.69, 9.17) is 4.98 Å². The van der Waals surface area contributed by atoms with E-state index in [0.717, 1.165) is 65.5 Å². The van der Waals surface area contributed by atoms with Gasteiger partial charge in [-0.3, -0.25) is 4.99 Å². The number of halogens is 1. The van der Waals surface area contributed by atoms with E-state index in [1.807, 2.05) is 29.6 Å². The second kappa shape index (κ2) is 7.79. The summed E-state index contributed by atoms with van der Waals surface area (Å²) in [6.45, 7) is 3.18. The molecule has 0 atom stereocenters. The standard InChI is InChI=1S/C21H21FN6S/c22-16-5-1-4-14-12-28(11-8-15(14)16)19-7-2-6-17(25-19)18-13-29-21(26-18)27-20-23-9-3-10-24-20/h1-2,4-7,13H,3,8-12H2,(H2,23,24,26,27). The van der Waals surface area contributed by atoms with Crippen molar-refractivity contribution in [2.75, 3.05) is 29.9 Å². The first-order chi connectivity index (χ1) is 14.3. The van der Waals surface area contributed by atoms with Gasteiger partial charge in [-0.15, -0.1) is 11.3 Å². The van der Waals surface area contributed by atoms with Gasteiger partial charge in [0.25, 0.3) is 0 Å². The van der Waals surface area contributed by atoms with Crippen molar-refractivity contribution in [3.63, 3.8) is 0 Å². The Hall–Kier alpha value is -3.00. The van der Waals surface area contributed by atoms with Gasteiger partial charge in [0.2, 0.25) is 0 Å². The molecule has 0 bridgehead atoms. The van der Waals surface area contributed by atoms with Gasteiger partial charge in [0.1, 0.15) is 17.3 Å². The van der Waals surface area contributed by atoms with Crippen molar-refractivity contribution in [1.82, 2.24) is 15.3 Å². The fraction of sp³-hybridized carbons (Fsp3) is 0.286. The average Bonchev–Trinajstić information content (AvgIpc) is 3.23. The van der Waals surface area contributed by atoms with Crippen molar-refractivity contribution in [2.24, 2.45) is 4.99 Å². The molecule has 0 amide bonds. The molecular formula is C21H21FN6S. The summed E-state index contributed by atoms with van der Waals surface area (Å²) in [5.74, 6) is 1.56. The summed E-state index contributed by atoms with van der Waals surface area (Å²) in [6.07, 6.45) is 1.74. The summed E-state index contributed by atoms with van der Waals surface area (Å²) in [5.41, 5.74) is 3.52. The highest BCUT2D eigenvalue weighted by molar-refractivity contribution is 7.14. The molecule has 0 spiro atoms. The van der Waals surface area contributed by atoms with Crippen molar-refractivity contribution in [3.05, 3.63) is 58.7 Å². The number of hydrogen-bond donors (Lipinski definition) is 2. The summed E-state index contributed by atoms with van der Waals surface area (Å²) in [5, 5.41) is 9.27. The molecule has 5 rings (SSSR count). The number of aromatic nitrogens is 2. The average molecular weight is 409 g/mol. The van der Waals surface area contributed by atoms with Crippen LogP contribution < -0.4 is 15.5 Å². The predicted octanol–water partition coefficient (Wildman–Crippen LogP) is 3.67. The topological polar surface area (TPSA) is 65.4 Å².